The Kier molecular flexibility index (Phi) is 3.96. The Labute approximate surface area is 148 Å². The molecule has 0 unspecified atom stereocenters. The monoisotopic (exact) mass is 348 g/mol. The van der Waals surface area contributed by atoms with Gasteiger partial charge in [0.2, 0.25) is 5.91 Å². The largest absolute Gasteiger partial charge is 0.422 e. The standard InChI is InChI=1S/C19H16N4O3/c1-12-5-6-16-14(8-12)18-15(19(25)26-16)10-22-23(18)11-17(24)21-9-13-4-2-3-7-20-13/h2-8,10H,9,11H2,1H3,(H,21,24). The van der Waals surface area contributed by atoms with Crippen molar-refractivity contribution in [1.29, 1.82) is 0 Å². The summed E-state index contributed by atoms with van der Waals surface area (Å²) >= 11 is 0. The summed E-state index contributed by atoms with van der Waals surface area (Å²) in [5.41, 5.74) is 2.42. The molecule has 0 radical (unpaired) electrons. The van der Waals surface area contributed by atoms with Crippen molar-refractivity contribution in [3.8, 4) is 0 Å². The van der Waals surface area contributed by atoms with Crippen LogP contribution in [-0.4, -0.2) is 20.7 Å². The van der Waals surface area contributed by atoms with Crippen LogP contribution in [0, 0.1) is 6.92 Å². The van der Waals surface area contributed by atoms with E-state index in [1.54, 1.807) is 12.3 Å². The van der Waals surface area contributed by atoms with E-state index in [1.807, 2.05) is 37.3 Å². The van der Waals surface area contributed by atoms with E-state index in [2.05, 4.69) is 15.4 Å². The quantitative estimate of drug-likeness (QED) is 0.571. The normalized spacial score (nSPS) is 11.1. The van der Waals surface area contributed by atoms with Crippen LogP contribution < -0.4 is 10.9 Å². The molecule has 7 nitrogen and oxygen atoms in total. The topological polar surface area (TPSA) is 90.0 Å². The lowest BCUT2D eigenvalue weighted by Gasteiger charge is -2.07. The third kappa shape index (κ3) is 2.95. The van der Waals surface area contributed by atoms with Gasteiger partial charge in [0.1, 0.15) is 17.5 Å². The zero-order chi connectivity index (χ0) is 18.1. The van der Waals surface area contributed by atoms with Gasteiger partial charge in [-0.2, -0.15) is 5.10 Å². The molecule has 0 bridgehead atoms. The third-order valence-corrected chi connectivity index (χ3v) is 4.14. The molecule has 1 aromatic carbocycles. The summed E-state index contributed by atoms with van der Waals surface area (Å²) in [6.45, 7) is 2.29. The first-order valence-corrected chi connectivity index (χ1v) is 8.17. The molecule has 1 N–H and O–H groups in total. The number of carbonyl (C=O) groups excluding carboxylic acids is 1. The number of nitrogens with one attached hydrogen (secondary N) is 1. The molecule has 130 valence electrons. The van der Waals surface area contributed by atoms with Gasteiger partial charge < -0.3 is 9.73 Å². The molecule has 3 aromatic heterocycles. The van der Waals surface area contributed by atoms with Crippen molar-refractivity contribution in [3.05, 3.63) is 70.5 Å². The number of benzene rings is 1. The lowest BCUT2D eigenvalue weighted by atomic mass is 10.1. The lowest BCUT2D eigenvalue weighted by Crippen LogP contribution is -2.27. The molecular formula is C19H16N4O3. The number of aromatic nitrogens is 3. The number of hydrogen-bond acceptors (Lipinski definition) is 5. The predicted octanol–water partition coefficient (Wildman–Crippen LogP) is 2.16. The average molecular weight is 348 g/mol. The minimum atomic E-state index is -0.462. The van der Waals surface area contributed by atoms with E-state index in [1.165, 1.54) is 10.9 Å². The van der Waals surface area contributed by atoms with Crippen molar-refractivity contribution >= 4 is 27.8 Å². The summed E-state index contributed by atoms with van der Waals surface area (Å²) in [6.07, 6.45) is 3.12. The van der Waals surface area contributed by atoms with Crippen LogP contribution in [-0.2, 0) is 17.9 Å². The van der Waals surface area contributed by atoms with Crippen LogP contribution in [0.1, 0.15) is 11.3 Å². The molecule has 0 aliphatic carbocycles. The van der Waals surface area contributed by atoms with Gasteiger partial charge in [-0.05, 0) is 31.2 Å². The van der Waals surface area contributed by atoms with E-state index in [4.69, 9.17) is 4.42 Å². The molecule has 0 atom stereocenters. The molecule has 1 amide bonds. The molecule has 0 fully saturated rings. The maximum atomic E-state index is 12.3. The van der Waals surface area contributed by atoms with Gasteiger partial charge in [0.05, 0.1) is 24.0 Å². The first-order valence-electron chi connectivity index (χ1n) is 8.17. The second-order valence-corrected chi connectivity index (χ2v) is 6.05. The molecule has 7 heteroatoms. The second-order valence-electron chi connectivity index (χ2n) is 6.05. The first kappa shape index (κ1) is 16.0. The van der Waals surface area contributed by atoms with Crippen molar-refractivity contribution in [2.45, 2.75) is 20.0 Å². The Morgan fingerprint density at radius 2 is 2.12 bits per heavy atom. The number of rotatable bonds is 4. The number of amides is 1. The Morgan fingerprint density at radius 3 is 2.92 bits per heavy atom. The summed E-state index contributed by atoms with van der Waals surface area (Å²) in [5.74, 6) is -0.213. The molecule has 0 saturated carbocycles. The lowest BCUT2D eigenvalue weighted by molar-refractivity contribution is -0.121. The molecular weight excluding hydrogens is 332 g/mol. The fourth-order valence-corrected chi connectivity index (χ4v) is 2.90. The maximum absolute atomic E-state index is 12.3. The molecule has 3 heterocycles. The summed E-state index contributed by atoms with van der Waals surface area (Å²) in [5, 5.41) is 8.14. The van der Waals surface area contributed by atoms with Gasteiger partial charge in [-0.3, -0.25) is 14.5 Å². The second kappa shape index (κ2) is 6.44. The number of aryl methyl sites for hydroxylation is 1. The highest BCUT2D eigenvalue weighted by atomic mass is 16.4. The van der Waals surface area contributed by atoms with Crippen molar-refractivity contribution in [1.82, 2.24) is 20.1 Å². The fraction of sp³-hybridized carbons (Fsp3) is 0.158. The van der Waals surface area contributed by atoms with Crippen LogP contribution in [0.25, 0.3) is 21.9 Å². The molecule has 0 aliphatic rings. The van der Waals surface area contributed by atoms with Gasteiger partial charge in [-0.15, -0.1) is 0 Å². The van der Waals surface area contributed by atoms with Crippen LogP contribution in [0.5, 0.6) is 0 Å². The number of nitrogens with zero attached hydrogens (tertiary/aromatic N) is 3. The van der Waals surface area contributed by atoms with Gasteiger partial charge in [0, 0.05) is 11.6 Å². The molecule has 0 spiro atoms. The van der Waals surface area contributed by atoms with E-state index < -0.39 is 5.63 Å². The van der Waals surface area contributed by atoms with Crippen LogP contribution in [0.4, 0.5) is 0 Å². The van der Waals surface area contributed by atoms with Crippen molar-refractivity contribution in [3.63, 3.8) is 0 Å². The Hall–Kier alpha value is -3.48. The zero-order valence-electron chi connectivity index (χ0n) is 14.1. The molecule has 0 saturated heterocycles. The van der Waals surface area contributed by atoms with Crippen molar-refractivity contribution < 1.29 is 9.21 Å². The Morgan fingerprint density at radius 1 is 1.23 bits per heavy atom. The fourth-order valence-electron chi connectivity index (χ4n) is 2.90. The summed E-state index contributed by atoms with van der Waals surface area (Å²) in [7, 11) is 0. The first-order chi connectivity index (χ1) is 12.6. The summed E-state index contributed by atoms with van der Waals surface area (Å²) in [4.78, 5) is 28.6. The van der Waals surface area contributed by atoms with Crippen LogP contribution in [0.2, 0.25) is 0 Å². The highest BCUT2D eigenvalue weighted by molar-refractivity contribution is 6.02. The minimum absolute atomic E-state index is 0.00281. The number of carbonyl (C=O) groups is 1. The molecule has 4 aromatic rings. The van der Waals surface area contributed by atoms with E-state index in [9.17, 15) is 9.59 Å². The minimum Gasteiger partial charge on any atom is -0.422 e. The zero-order valence-corrected chi connectivity index (χ0v) is 14.1. The predicted molar refractivity (Wildman–Crippen MR) is 96.6 cm³/mol. The third-order valence-electron chi connectivity index (χ3n) is 4.14. The van der Waals surface area contributed by atoms with E-state index in [0.29, 0.717) is 23.0 Å². The molecule has 0 aliphatic heterocycles. The van der Waals surface area contributed by atoms with E-state index in [0.717, 1.165) is 16.6 Å². The van der Waals surface area contributed by atoms with Crippen LogP contribution in [0.15, 0.2) is 58.0 Å². The van der Waals surface area contributed by atoms with Gasteiger partial charge in [-0.1, -0.05) is 17.7 Å². The SMILES string of the molecule is Cc1ccc2oc(=O)c3cnn(CC(=O)NCc4ccccn4)c3c2c1. The summed E-state index contributed by atoms with van der Waals surface area (Å²) in [6, 6.07) is 11.1. The average Bonchev–Trinajstić information content (AvgIpc) is 3.06. The van der Waals surface area contributed by atoms with Crippen LogP contribution in [0.3, 0.4) is 0 Å². The smallest absolute Gasteiger partial charge is 0.347 e. The number of fused-ring (bicyclic) bond motifs is 3. The highest BCUT2D eigenvalue weighted by Gasteiger charge is 2.15. The Balaban J connectivity index is 1.66. The van der Waals surface area contributed by atoms with Gasteiger partial charge in [0.15, 0.2) is 0 Å². The van der Waals surface area contributed by atoms with Gasteiger partial charge in [-0.25, -0.2) is 4.79 Å². The van der Waals surface area contributed by atoms with Gasteiger partial charge in [0.25, 0.3) is 0 Å². The summed E-state index contributed by atoms with van der Waals surface area (Å²) < 4.78 is 6.87. The Bertz CT molecular complexity index is 1160. The molecule has 26 heavy (non-hydrogen) atoms. The van der Waals surface area contributed by atoms with E-state index in [-0.39, 0.29) is 12.5 Å². The molecule has 4 rings (SSSR count). The van der Waals surface area contributed by atoms with Crippen molar-refractivity contribution in [2.24, 2.45) is 0 Å². The van der Waals surface area contributed by atoms with Gasteiger partial charge >= 0.3 is 5.63 Å². The maximum Gasteiger partial charge on any atom is 0.347 e. The number of pyridine rings is 1. The van der Waals surface area contributed by atoms with E-state index >= 15 is 0 Å². The highest BCUT2D eigenvalue weighted by Crippen LogP contribution is 2.23. The number of hydrogen-bond donors (Lipinski definition) is 1. The van der Waals surface area contributed by atoms with Crippen molar-refractivity contribution in [2.75, 3.05) is 0 Å². The van der Waals surface area contributed by atoms with Crippen LogP contribution >= 0.6 is 0 Å².